The zero-order chi connectivity index (χ0) is 50.1. The van der Waals surface area contributed by atoms with E-state index in [9.17, 15) is 30.3 Å². The summed E-state index contributed by atoms with van der Waals surface area (Å²) in [4.78, 5) is 13.0. The molecule has 0 spiro atoms. The number of carbonyl (C=O) groups is 1. The summed E-state index contributed by atoms with van der Waals surface area (Å²) in [6.45, 7) is 3.82. The van der Waals surface area contributed by atoms with E-state index in [0.29, 0.717) is 12.8 Å². The molecule has 1 heterocycles. The Labute approximate surface area is 426 Å². The summed E-state index contributed by atoms with van der Waals surface area (Å²) >= 11 is 0. The van der Waals surface area contributed by atoms with E-state index in [0.717, 1.165) is 64.2 Å². The lowest BCUT2D eigenvalue weighted by Gasteiger charge is -2.40. The first-order valence-corrected chi connectivity index (χ1v) is 30.0. The Hall–Kier alpha value is -1.33. The molecule has 0 saturated carbocycles. The molecule has 6 N–H and O–H groups in total. The lowest BCUT2D eigenvalue weighted by atomic mass is 9.99. The van der Waals surface area contributed by atoms with Gasteiger partial charge in [-0.1, -0.05) is 276 Å². The van der Waals surface area contributed by atoms with Crippen LogP contribution >= 0.6 is 0 Å². The van der Waals surface area contributed by atoms with Crippen molar-refractivity contribution in [2.75, 3.05) is 13.2 Å². The van der Waals surface area contributed by atoms with Gasteiger partial charge in [-0.3, -0.25) is 4.79 Å². The first-order chi connectivity index (χ1) is 33.8. The lowest BCUT2D eigenvalue weighted by Crippen LogP contribution is -2.60. The van der Waals surface area contributed by atoms with Crippen molar-refractivity contribution < 1.29 is 39.8 Å². The van der Waals surface area contributed by atoms with Crippen molar-refractivity contribution in [2.45, 2.75) is 339 Å². The molecule has 1 amide bonds. The highest BCUT2D eigenvalue weighted by Crippen LogP contribution is 2.23. The number of ether oxygens (including phenoxy) is 2. The van der Waals surface area contributed by atoms with Gasteiger partial charge in [0, 0.05) is 6.42 Å². The molecule has 1 saturated heterocycles. The van der Waals surface area contributed by atoms with Crippen LogP contribution in [-0.4, -0.2) is 87.5 Å². The summed E-state index contributed by atoms with van der Waals surface area (Å²) in [5.74, 6) is -0.155. The first-order valence-electron chi connectivity index (χ1n) is 30.0. The minimum absolute atomic E-state index is 0.142. The minimum atomic E-state index is -1.56. The first kappa shape index (κ1) is 65.7. The number of allylic oxidation sites excluding steroid dienone is 4. The highest BCUT2D eigenvalue weighted by molar-refractivity contribution is 5.76. The summed E-state index contributed by atoms with van der Waals surface area (Å²) in [5, 5.41) is 54.6. The van der Waals surface area contributed by atoms with Gasteiger partial charge in [0.05, 0.1) is 25.4 Å². The van der Waals surface area contributed by atoms with Gasteiger partial charge in [0.2, 0.25) is 5.91 Å². The molecule has 0 radical (unpaired) electrons. The third kappa shape index (κ3) is 39.8. The van der Waals surface area contributed by atoms with Crippen LogP contribution in [0.5, 0.6) is 0 Å². The van der Waals surface area contributed by atoms with Gasteiger partial charge in [0.15, 0.2) is 6.29 Å². The van der Waals surface area contributed by atoms with E-state index in [4.69, 9.17) is 9.47 Å². The van der Waals surface area contributed by atoms with Crippen molar-refractivity contribution in [1.29, 1.82) is 0 Å². The van der Waals surface area contributed by atoms with Crippen molar-refractivity contribution in [3.05, 3.63) is 24.3 Å². The summed E-state index contributed by atoms with van der Waals surface area (Å²) in [7, 11) is 0. The van der Waals surface area contributed by atoms with Crippen LogP contribution in [-0.2, 0) is 14.3 Å². The summed E-state index contributed by atoms with van der Waals surface area (Å²) in [6.07, 6.45) is 56.6. The average Bonchev–Trinajstić information content (AvgIpc) is 3.35. The molecule has 0 bridgehead atoms. The van der Waals surface area contributed by atoms with E-state index in [2.05, 4.69) is 43.5 Å². The molecule has 1 fully saturated rings. The fourth-order valence-corrected chi connectivity index (χ4v) is 9.77. The molecule has 1 rings (SSSR count). The smallest absolute Gasteiger partial charge is 0.220 e. The quantitative estimate of drug-likeness (QED) is 0.0261. The number of rotatable bonds is 52. The fourth-order valence-electron chi connectivity index (χ4n) is 9.77. The topological polar surface area (TPSA) is 149 Å². The number of carbonyl (C=O) groups excluding carboxylic acids is 1. The van der Waals surface area contributed by atoms with Gasteiger partial charge in [-0.25, -0.2) is 0 Å². The molecule has 1 aliphatic heterocycles. The van der Waals surface area contributed by atoms with Crippen LogP contribution in [0.25, 0.3) is 0 Å². The van der Waals surface area contributed by atoms with Gasteiger partial charge >= 0.3 is 0 Å². The summed E-state index contributed by atoms with van der Waals surface area (Å²) in [6, 6.07) is -0.725. The number of nitrogens with one attached hydrogen (secondary N) is 1. The standard InChI is InChI=1S/C60H115NO8/c1-3-5-7-9-11-13-15-17-19-20-21-22-23-24-25-26-27-28-29-30-31-32-33-34-35-36-37-39-41-43-45-47-49-54(63)53(52-68-60-59(67)58(66)57(65)55(51-62)69-60)61-56(64)50-48-46-44-42-40-38-18-16-14-12-10-8-6-4-2/h10,12,16,18,53-55,57-60,62-63,65-67H,3-9,11,13-15,17,19-52H2,1-2H3,(H,61,64)/b12-10-,18-16-. The Bertz CT molecular complexity index is 1130. The normalized spacial score (nSPS) is 19.6. The predicted octanol–water partition coefficient (Wildman–Crippen LogP) is 15.0. The van der Waals surface area contributed by atoms with Gasteiger partial charge in [-0.2, -0.15) is 0 Å². The van der Waals surface area contributed by atoms with Crippen LogP contribution in [0, 0.1) is 0 Å². The number of hydrogen-bond acceptors (Lipinski definition) is 8. The predicted molar refractivity (Wildman–Crippen MR) is 290 cm³/mol. The molecule has 0 aliphatic carbocycles. The number of aliphatic hydroxyl groups is 5. The van der Waals surface area contributed by atoms with Gasteiger partial charge in [-0.05, 0) is 38.5 Å². The van der Waals surface area contributed by atoms with E-state index < -0.39 is 49.5 Å². The average molecular weight is 979 g/mol. The van der Waals surface area contributed by atoms with Gasteiger partial charge in [0.25, 0.3) is 0 Å². The maximum atomic E-state index is 13.0. The van der Waals surface area contributed by atoms with Crippen LogP contribution in [0.4, 0.5) is 0 Å². The second kappa shape index (κ2) is 50.2. The fraction of sp³-hybridized carbons (Fsp3) is 0.917. The minimum Gasteiger partial charge on any atom is -0.394 e. The van der Waals surface area contributed by atoms with Gasteiger partial charge in [0.1, 0.15) is 24.4 Å². The van der Waals surface area contributed by atoms with Crippen LogP contribution in [0.2, 0.25) is 0 Å². The lowest BCUT2D eigenvalue weighted by molar-refractivity contribution is -0.302. The zero-order valence-electron chi connectivity index (χ0n) is 45.3. The Morgan fingerprint density at radius 2 is 0.870 bits per heavy atom. The highest BCUT2D eigenvalue weighted by atomic mass is 16.7. The van der Waals surface area contributed by atoms with Gasteiger partial charge in [-0.15, -0.1) is 0 Å². The second-order valence-electron chi connectivity index (χ2n) is 21.1. The van der Waals surface area contributed by atoms with E-state index in [1.807, 2.05) is 0 Å². The van der Waals surface area contributed by atoms with Gasteiger partial charge < -0.3 is 40.3 Å². The van der Waals surface area contributed by atoms with Crippen LogP contribution in [0.3, 0.4) is 0 Å². The second-order valence-corrected chi connectivity index (χ2v) is 21.1. The molecule has 9 nitrogen and oxygen atoms in total. The number of hydrogen-bond donors (Lipinski definition) is 6. The van der Waals surface area contributed by atoms with Crippen molar-refractivity contribution in [3.8, 4) is 0 Å². The molecular weight excluding hydrogens is 863 g/mol. The van der Waals surface area contributed by atoms with Crippen molar-refractivity contribution in [2.24, 2.45) is 0 Å². The third-order valence-electron chi connectivity index (χ3n) is 14.6. The van der Waals surface area contributed by atoms with Crippen LogP contribution in [0.15, 0.2) is 24.3 Å². The largest absolute Gasteiger partial charge is 0.394 e. The monoisotopic (exact) mass is 978 g/mol. The van der Waals surface area contributed by atoms with E-state index in [1.165, 1.54) is 205 Å². The Morgan fingerprint density at radius 3 is 1.29 bits per heavy atom. The van der Waals surface area contributed by atoms with Crippen molar-refractivity contribution >= 4 is 5.91 Å². The van der Waals surface area contributed by atoms with Crippen molar-refractivity contribution in [1.82, 2.24) is 5.32 Å². The number of aliphatic hydroxyl groups excluding tert-OH is 5. The van der Waals surface area contributed by atoms with Crippen LogP contribution < -0.4 is 5.32 Å². The Balaban J connectivity index is 2.11. The Kier molecular flexibility index (Phi) is 47.8. The molecular formula is C60H115NO8. The molecule has 7 atom stereocenters. The number of amides is 1. The SMILES string of the molecule is CCCC/C=C\C/C=C\CCCCCCCC(=O)NC(COC1OC(CO)C(O)C(O)C1O)C(O)CCCCCCCCCCCCCCCCCCCCCCCCCCCCCCCCCC. The summed E-state index contributed by atoms with van der Waals surface area (Å²) in [5.41, 5.74) is 0. The maximum absolute atomic E-state index is 13.0. The molecule has 0 aromatic rings. The van der Waals surface area contributed by atoms with Crippen LogP contribution in [0.1, 0.15) is 296 Å². The molecule has 9 heteroatoms. The maximum Gasteiger partial charge on any atom is 0.220 e. The third-order valence-corrected chi connectivity index (χ3v) is 14.6. The molecule has 7 unspecified atom stereocenters. The molecule has 69 heavy (non-hydrogen) atoms. The van der Waals surface area contributed by atoms with Crippen molar-refractivity contribution in [3.63, 3.8) is 0 Å². The molecule has 0 aromatic heterocycles. The van der Waals surface area contributed by atoms with E-state index in [1.54, 1.807) is 0 Å². The summed E-state index contributed by atoms with van der Waals surface area (Å²) < 4.78 is 11.3. The van der Waals surface area contributed by atoms with E-state index >= 15 is 0 Å². The number of unbranched alkanes of at least 4 members (excludes halogenated alkanes) is 38. The molecule has 1 aliphatic rings. The zero-order valence-corrected chi connectivity index (χ0v) is 45.3. The molecule has 0 aromatic carbocycles. The highest BCUT2D eigenvalue weighted by Gasteiger charge is 2.44. The molecule has 408 valence electrons. The van der Waals surface area contributed by atoms with E-state index in [-0.39, 0.29) is 12.5 Å². The Morgan fingerprint density at radius 1 is 0.493 bits per heavy atom.